The number of para-hydroxylation sites is 1. The predicted octanol–water partition coefficient (Wildman–Crippen LogP) is 2.56. The summed E-state index contributed by atoms with van der Waals surface area (Å²) in [7, 11) is 0. The number of hydrogen-bond donors (Lipinski definition) is 3. The molecule has 1 atom stereocenters. The van der Waals surface area contributed by atoms with Gasteiger partial charge < -0.3 is 15.3 Å². The molecule has 1 unspecified atom stereocenters. The van der Waals surface area contributed by atoms with Gasteiger partial charge in [0.1, 0.15) is 17.6 Å². The van der Waals surface area contributed by atoms with Crippen LogP contribution in [0.25, 0.3) is 5.57 Å². The fourth-order valence-electron chi connectivity index (χ4n) is 2.52. The van der Waals surface area contributed by atoms with Crippen LogP contribution in [0.15, 0.2) is 54.1 Å². The first-order valence-corrected chi connectivity index (χ1v) is 6.59. The standard InChI is InChI=1S/C17H14O4/c18-11-7-5-10(6-8-11)13-9-15(20)16(13)17(21)12-3-1-2-4-14(12)19/h1-8,17-19,21H,9H2. The van der Waals surface area contributed by atoms with E-state index in [-0.39, 0.29) is 23.7 Å². The summed E-state index contributed by atoms with van der Waals surface area (Å²) in [5.74, 6) is -0.0242. The third kappa shape index (κ3) is 2.30. The molecule has 4 nitrogen and oxygen atoms in total. The summed E-state index contributed by atoms with van der Waals surface area (Å²) < 4.78 is 0. The van der Waals surface area contributed by atoms with Gasteiger partial charge in [0.2, 0.25) is 0 Å². The summed E-state index contributed by atoms with van der Waals surface area (Å²) >= 11 is 0. The van der Waals surface area contributed by atoms with Crippen molar-refractivity contribution in [1.29, 1.82) is 0 Å². The van der Waals surface area contributed by atoms with E-state index in [1.807, 2.05) is 0 Å². The van der Waals surface area contributed by atoms with Crippen LogP contribution in [-0.4, -0.2) is 21.1 Å². The van der Waals surface area contributed by atoms with Gasteiger partial charge in [-0.2, -0.15) is 0 Å². The van der Waals surface area contributed by atoms with E-state index in [9.17, 15) is 20.1 Å². The van der Waals surface area contributed by atoms with Crippen molar-refractivity contribution in [3.8, 4) is 11.5 Å². The Labute approximate surface area is 121 Å². The molecule has 0 saturated heterocycles. The van der Waals surface area contributed by atoms with Crippen molar-refractivity contribution in [2.75, 3.05) is 0 Å². The minimum atomic E-state index is -1.14. The Kier molecular flexibility index (Phi) is 3.23. The number of aliphatic hydroxyl groups is 1. The molecule has 2 aromatic carbocycles. The SMILES string of the molecule is O=C1CC(c2ccc(O)cc2)=C1C(O)c1ccccc1O. The number of Topliss-reactive ketones (excluding diaryl/α,β-unsaturated/α-hetero) is 1. The summed E-state index contributed by atoms with van der Waals surface area (Å²) in [5, 5.41) is 29.5. The Bertz CT molecular complexity index is 729. The maximum absolute atomic E-state index is 11.9. The van der Waals surface area contributed by atoms with Gasteiger partial charge in [-0.05, 0) is 29.3 Å². The maximum Gasteiger partial charge on any atom is 0.166 e. The van der Waals surface area contributed by atoms with Crippen LogP contribution in [0.4, 0.5) is 0 Å². The highest BCUT2D eigenvalue weighted by molar-refractivity contribution is 6.17. The van der Waals surface area contributed by atoms with E-state index < -0.39 is 6.10 Å². The average molecular weight is 282 g/mol. The quantitative estimate of drug-likeness (QED) is 0.808. The topological polar surface area (TPSA) is 77.8 Å². The highest BCUT2D eigenvalue weighted by atomic mass is 16.3. The van der Waals surface area contributed by atoms with Crippen molar-refractivity contribution in [1.82, 2.24) is 0 Å². The first-order chi connectivity index (χ1) is 10.1. The Morgan fingerprint density at radius 1 is 0.952 bits per heavy atom. The van der Waals surface area contributed by atoms with Crippen LogP contribution < -0.4 is 0 Å². The molecule has 0 heterocycles. The Morgan fingerprint density at radius 3 is 2.24 bits per heavy atom. The van der Waals surface area contributed by atoms with Crippen LogP contribution in [0, 0.1) is 0 Å². The van der Waals surface area contributed by atoms with E-state index in [1.54, 1.807) is 30.3 Å². The van der Waals surface area contributed by atoms with Gasteiger partial charge in [0.15, 0.2) is 5.78 Å². The number of carbonyl (C=O) groups is 1. The summed E-state index contributed by atoms with van der Waals surface area (Å²) in [5.41, 5.74) is 2.16. The fourth-order valence-corrected chi connectivity index (χ4v) is 2.52. The minimum Gasteiger partial charge on any atom is -0.508 e. The van der Waals surface area contributed by atoms with Crippen LogP contribution >= 0.6 is 0 Å². The number of ketones is 1. The van der Waals surface area contributed by atoms with Gasteiger partial charge >= 0.3 is 0 Å². The molecule has 106 valence electrons. The number of phenols is 2. The third-order valence-corrected chi connectivity index (χ3v) is 3.68. The van der Waals surface area contributed by atoms with Gasteiger partial charge in [0, 0.05) is 17.6 Å². The van der Waals surface area contributed by atoms with E-state index in [0.29, 0.717) is 11.1 Å². The van der Waals surface area contributed by atoms with E-state index >= 15 is 0 Å². The number of aliphatic hydroxyl groups excluding tert-OH is 1. The molecule has 1 aliphatic carbocycles. The molecule has 0 aromatic heterocycles. The molecule has 1 aliphatic rings. The maximum atomic E-state index is 11.9. The number of aromatic hydroxyl groups is 2. The number of benzene rings is 2. The minimum absolute atomic E-state index is 0.0396. The molecular formula is C17H14O4. The lowest BCUT2D eigenvalue weighted by Crippen LogP contribution is -2.23. The summed E-state index contributed by atoms with van der Waals surface area (Å²) in [6.07, 6.45) is -0.888. The normalized spacial score (nSPS) is 15.8. The molecule has 21 heavy (non-hydrogen) atoms. The van der Waals surface area contributed by atoms with E-state index in [1.165, 1.54) is 18.2 Å². The smallest absolute Gasteiger partial charge is 0.166 e. The van der Waals surface area contributed by atoms with Gasteiger partial charge in [0.05, 0.1) is 0 Å². The van der Waals surface area contributed by atoms with E-state index in [0.717, 1.165) is 11.1 Å². The van der Waals surface area contributed by atoms with Crippen LogP contribution in [0.3, 0.4) is 0 Å². The zero-order valence-corrected chi connectivity index (χ0v) is 11.2. The molecule has 2 aromatic rings. The first kappa shape index (κ1) is 13.4. The zero-order chi connectivity index (χ0) is 15.0. The summed E-state index contributed by atoms with van der Waals surface area (Å²) in [4.78, 5) is 11.9. The van der Waals surface area contributed by atoms with Gasteiger partial charge in [0.25, 0.3) is 0 Å². The van der Waals surface area contributed by atoms with Crippen LogP contribution in [0.2, 0.25) is 0 Å². The van der Waals surface area contributed by atoms with E-state index in [2.05, 4.69) is 0 Å². The predicted molar refractivity (Wildman–Crippen MR) is 77.7 cm³/mol. The molecule has 0 radical (unpaired) electrons. The second kappa shape index (κ2) is 5.07. The van der Waals surface area contributed by atoms with Crippen molar-refractivity contribution < 1.29 is 20.1 Å². The van der Waals surface area contributed by atoms with Crippen molar-refractivity contribution in [3.05, 3.63) is 65.2 Å². The van der Waals surface area contributed by atoms with Crippen LogP contribution in [-0.2, 0) is 4.79 Å². The van der Waals surface area contributed by atoms with Gasteiger partial charge in [-0.3, -0.25) is 4.79 Å². The number of allylic oxidation sites excluding steroid dienone is 1. The monoisotopic (exact) mass is 282 g/mol. The molecule has 0 aliphatic heterocycles. The Morgan fingerprint density at radius 2 is 1.62 bits per heavy atom. The lowest BCUT2D eigenvalue weighted by molar-refractivity contribution is -0.116. The van der Waals surface area contributed by atoms with Gasteiger partial charge in [-0.1, -0.05) is 30.3 Å². The van der Waals surface area contributed by atoms with Gasteiger partial charge in [-0.15, -0.1) is 0 Å². The Balaban J connectivity index is 2.03. The third-order valence-electron chi connectivity index (χ3n) is 3.68. The largest absolute Gasteiger partial charge is 0.508 e. The fraction of sp³-hybridized carbons (Fsp3) is 0.118. The highest BCUT2D eigenvalue weighted by Gasteiger charge is 2.34. The van der Waals surface area contributed by atoms with Crippen molar-refractivity contribution in [3.63, 3.8) is 0 Å². The number of rotatable bonds is 3. The number of phenolic OH excluding ortho intramolecular Hbond substituents is 2. The second-order valence-corrected chi connectivity index (χ2v) is 5.00. The number of hydrogen-bond acceptors (Lipinski definition) is 4. The molecule has 3 rings (SSSR count). The van der Waals surface area contributed by atoms with Crippen molar-refractivity contribution >= 4 is 11.4 Å². The summed E-state index contributed by atoms with van der Waals surface area (Å²) in [6, 6.07) is 12.9. The lowest BCUT2D eigenvalue weighted by atomic mass is 9.78. The van der Waals surface area contributed by atoms with E-state index in [4.69, 9.17) is 0 Å². The highest BCUT2D eigenvalue weighted by Crippen LogP contribution is 2.42. The molecule has 0 fully saturated rings. The lowest BCUT2D eigenvalue weighted by Gasteiger charge is -2.27. The van der Waals surface area contributed by atoms with Crippen molar-refractivity contribution in [2.24, 2.45) is 0 Å². The van der Waals surface area contributed by atoms with Crippen LogP contribution in [0.5, 0.6) is 11.5 Å². The molecule has 0 amide bonds. The molecule has 3 N–H and O–H groups in total. The van der Waals surface area contributed by atoms with Gasteiger partial charge in [-0.25, -0.2) is 0 Å². The molecule has 0 bridgehead atoms. The Hall–Kier alpha value is -2.59. The molecule has 4 heteroatoms. The van der Waals surface area contributed by atoms with Crippen molar-refractivity contribution in [2.45, 2.75) is 12.5 Å². The molecule has 0 spiro atoms. The molecular weight excluding hydrogens is 268 g/mol. The number of carbonyl (C=O) groups excluding carboxylic acids is 1. The molecule has 0 saturated carbocycles. The second-order valence-electron chi connectivity index (χ2n) is 5.00. The van der Waals surface area contributed by atoms with Crippen LogP contribution in [0.1, 0.15) is 23.7 Å². The summed E-state index contributed by atoms with van der Waals surface area (Å²) in [6.45, 7) is 0. The average Bonchev–Trinajstić information content (AvgIpc) is 2.46. The zero-order valence-electron chi connectivity index (χ0n) is 11.2. The first-order valence-electron chi connectivity index (χ1n) is 6.59.